The summed E-state index contributed by atoms with van der Waals surface area (Å²) in [4.78, 5) is 0. The first-order valence-corrected chi connectivity index (χ1v) is 12.3. The van der Waals surface area contributed by atoms with Crippen LogP contribution < -0.4 is 0 Å². The predicted octanol–water partition coefficient (Wildman–Crippen LogP) is 6.41. The van der Waals surface area contributed by atoms with Gasteiger partial charge in [-0.1, -0.05) is 90.9 Å². The normalized spacial score (nSPS) is 58.1. The Kier molecular flexibility index (Phi) is 3.04. The second kappa shape index (κ2) is 4.71. The highest BCUT2D eigenvalue weighted by Crippen LogP contribution is 2.91. The monoisotopic (exact) mass is 398 g/mol. The van der Waals surface area contributed by atoms with E-state index in [1.165, 1.54) is 19.3 Å². The number of fused-ring (bicyclic) bond motifs is 3. The van der Waals surface area contributed by atoms with Crippen molar-refractivity contribution in [3.05, 3.63) is 0 Å². The summed E-state index contributed by atoms with van der Waals surface area (Å²) in [6, 6.07) is 0. The van der Waals surface area contributed by atoms with Gasteiger partial charge in [-0.05, 0) is 47.8 Å². The molecular weight excluding hydrogens is 360 g/mol. The Bertz CT molecular complexity index is 1070. The summed E-state index contributed by atoms with van der Waals surface area (Å²) < 4.78 is 0. The van der Waals surface area contributed by atoms with Crippen LogP contribution in [-0.2, 0) is 0 Å². The summed E-state index contributed by atoms with van der Waals surface area (Å²) >= 11 is 0. The quantitative estimate of drug-likeness (QED) is 0.471. The van der Waals surface area contributed by atoms with Crippen LogP contribution >= 0.6 is 0 Å². The van der Waals surface area contributed by atoms with Gasteiger partial charge in [-0.15, -0.1) is 0 Å². The van der Waals surface area contributed by atoms with Crippen molar-refractivity contribution in [3.63, 3.8) is 0 Å². The third-order valence-electron chi connectivity index (χ3n) is 13.0. The van der Waals surface area contributed by atoms with Gasteiger partial charge in [0.05, 0.1) is 0 Å². The standard InChI is InChI=1S/C30H38/c1-19-10-12-21-16-28(19,24(21,3)4)27(9)15-14-23-18-30(27,26(23,7)8)29-17-22(25(29,5)6)13-11-20(29)2/h19-23H,16-18H2,1-9H3. The van der Waals surface area contributed by atoms with Crippen LogP contribution in [0.25, 0.3) is 0 Å². The van der Waals surface area contributed by atoms with Crippen LogP contribution in [0.3, 0.4) is 0 Å². The van der Waals surface area contributed by atoms with Crippen LogP contribution in [0.4, 0.5) is 0 Å². The van der Waals surface area contributed by atoms with E-state index < -0.39 is 0 Å². The third kappa shape index (κ3) is 1.36. The molecule has 0 heterocycles. The van der Waals surface area contributed by atoms with Crippen LogP contribution in [0.5, 0.6) is 0 Å². The van der Waals surface area contributed by atoms with Crippen molar-refractivity contribution < 1.29 is 0 Å². The molecule has 6 bridgehead atoms. The first-order valence-electron chi connectivity index (χ1n) is 12.3. The lowest BCUT2D eigenvalue weighted by atomic mass is 9.14. The molecule has 0 aliphatic heterocycles. The second-order valence-electron chi connectivity index (χ2n) is 13.7. The van der Waals surface area contributed by atoms with E-state index in [1.807, 2.05) is 0 Å². The molecule has 0 aromatic carbocycles. The molecule has 0 N–H and O–H groups in total. The Morgan fingerprint density at radius 1 is 0.533 bits per heavy atom. The molecule has 9 aliphatic rings. The van der Waals surface area contributed by atoms with Crippen molar-refractivity contribution in [3.8, 4) is 35.5 Å². The molecular formula is C30H38. The third-order valence-corrected chi connectivity index (χ3v) is 13.0. The van der Waals surface area contributed by atoms with Crippen LogP contribution in [-0.4, -0.2) is 0 Å². The van der Waals surface area contributed by atoms with Crippen molar-refractivity contribution >= 4 is 0 Å². The molecule has 0 aromatic rings. The van der Waals surface area contributed by atoms with Crippen LogP contribution in [0.1, 0.15) is 81.6 Å². The van der Waals surface area contributed by atoms with Gasteiger partial charge in [0.2, 0.25) is 0 Å². The van der Waals surface area contributed by atoms with E-state index >= 15 is 0 Å². The molecule has 3 fully saturated rings. The molecule has 0 heteroatoms. The first-order chi connectivity index (χ1) is 13.8. The molecule has 9 aliphatic carbocycles. The molecule has 9 atom stereocenters. The lowest BCUT2D eigenvalue weighted by molar-refractivity contribution is -0.381. The Labute approximate surface area is 184 Å². The summed E-state index contributed by atoms with van der Waals surface area (Å²) in [5, 5.41) is 0. The Morgan fingerprint density at radius 3 is 1.43 bits per heavy atom. The maximum atomic E-state index is 4.07. The molecule has 30 heavy (non-hydrogen) atoms. The van der Waals surface area contributed by atoms with Crippen molar-refractivity contribution in [2.75, 3.05) is 0 Å². The van der Waals surface area contributed by atoms with Crippen molar-refractivity contribution in [1.29, 1.82) is 0 Å². The fourth-order valence-corrected chi connectivity index (χ4v) is 11.1. The van der Waals surface area contributed by atoms with Crippen LogP contribution in [0.2, 0.25) is 0 Å². The summed E-state index contributed by atoms with van der Waals surface area (Å²) in [7, 11) is 0. The van der Waals surface area contributed by atoms with Gasteiger partial charge in [-0.2, -0.15) is 0 Å². The van der Waals surface area contributed by atoms with Gasteiger partial charge < -0.3 is 0 Å². The highest BCUT2D eigenvalue weighted by Gasteiger charge is 2.88. The average Bonchev–Trinajstić information content (AvgIpc) is 2.67. The number of rotatable bonds is 2. The first kappa shape index (κ1) is 19.4. The van der Waals surface area contributed by atoms with Gasteiger partial charge in [0, 0.05) is 45.8 Å². The van der Waals surface area contributed by atoms with Crippen molar-refractivity contribution in [1.82, 2.24) is 0 Å². The van der Waals surface area contributed by atoms with Crippen LogP contribution in [0.15, 0.2) is 0 Å². The largest absolute Gasteiger partial charge is 0.0993 e. The van der Waals surface area contributed by atoms with Crippen molar-refractivity contribution in [2.24, 2.45) is 67.5 Å². The smallest absolute Gasteiger partial charge is 0.0428 e. The minimum absolute atomic E-state index is 0.0255. The maximum Gasteiger partial charge on any atom is 0.0428 e. The van der Waals surface area contributed by atoms with E-state index in [1.54, 1.807) is 0 Å². The summed E-state index contributed by atoms with van der Waals surface area (Å²) in [5.74, 6) is 25.1. The maximum absolute atomic E-state index is 4.07. The Hall–Kier alpha value is -1.32. The molecule has 0 aromatic heterocycles. The SMILES string of the molecule is CC1C#CC2CC1(C1(C)C#CC3CC1(C14CC(C#CC1C)C4(C)C)C3(C)C)C2(C)C. The van der Waals surface area contributed by atoms with E-state index in [-0.39, 0.29) is 37.9 Å². The molecule has 0 radical (unpaired) electrons. The zero-order chi connectivity index (χ0) is 21.8. The zero-order valence-electron chi connectivity index (χ0n) is 20.5. The van der Waals surface area contributed by atoms with Gasteiger partial charge in [0.1, 0.15) is 0 Å². The zero-order valence-corrected chi connectivity index (χ0v) is 20.5. The van der Waals surface area contributed by atoms with Gasteiger partial charge >= 0.3 is 0 Å². The molecule has 0 spiro atoms. The highest BCUT2D eigenvalue weighted by atomic mass is 14.9. The minimum Gasteiger partial charge on any atom is -0.0993 e. The summed E-state index contributed by atoms with van der Waals surface area (Å²) in [5.41, 5.74) is 1.30. The van der Waals surface area contributed by atoms with E-state index in [0.29, 0.717) is 29.6 Å². The number of hydrogen-bond donors (Lipinski definition) is 0. The van der Waals surface area contributed by atoms with E-state index in [9.17, 15) is 0 Å². The fraction of sp³-hybridized carbons (Fsp3) is 0.800. The molecule has 0 nitrogen and oxygen atoms in total. The van der Waals surface area contributed by atoms with Gasteiger partial charge in [0.25, 0.3) is 0 Å². The van der Waals surface area contributed by atoms with E-state index in [2.05, 4.69) is 97.8 Å². The molecule has 0 amide bonds. The molecule has 9 unspecified atom stereocenters. The van der Waals surface area contributed by atoms with Crippen LogP contribution in [0, 0.1) is 103 Å². The van der Waals surface area contributed by atoms with E-state index in [4.69, 9.17) is 0 Å². The molecule has 3 saturated carbocycles. The highest BCUT2D eigenvalue weighted by molar-refractivity contribution is 5.50. The lowest BCUT2D eigenvalue weighted by Crippen LogP contribution is -2.84. The van der Waals surface area contributed by atoms with Gasteiger partial charge in [0.15, 0.2) is 0 Å². The topological polar surface area (TPSA) is 0 Å². The van der Waals surface area contributed by atoms with Gasteiger partial charge in [-0.3, -0.25) is 0 Å². The van der Waals surface area contributed by atoms with Crippen molar-refractivity contribution in [2.45, 2.75) is 81.6 Å². The Balaban J connectivity index is 1.67. The molecule has 0 saturated heterocycles. The fourth-order valence-electron chi connectivity index (χ4n) is 11.1. The predicted molar refractivity (Wildman–Crippen MR) is 123 cm³/mol. The summed E-state index contributed by atoms with van der Waals surface area (Å²) in [6.45, 7) is 22.7. The Morgan fingerprint density at radius 2 is 1.00 bits per heavy atom. The summed E-state index contributed by atoms with van der Waals surface area (Å²) in [6.07, 6.45) is 3.79. The second-order valence-corrected chi connectivity index (χ2v) is 13.7. The minimum atomic E-state index is -0.0255. The molecule has 158 valence electrons. The van der Waals surface area contributed by atoms with Gasteiger partial charge in [-0.25, -0.2) is 0 Å². The average molecular weight is 399 g/mol. The molecule has 9 rings (SSSR count). The lowest BCUT2D eigenvalue weighted by Gasteiger charge is -2.87. The number of hydrogen-bond acceptors (Lipinski definition) is 0. The van der Waals surface area contributed by atoms with E-state index in [0.717, 1.165) is 0 Å².